The lowest BCUT2D eigenvalue weighted by Crippen LogP contribution is -2.48. The van der Waals surface area contributed by atoms with Crippen LogP contribution in [0.3, 0.4) is 0 Å². The Morgan fingerprint density at radius 1 is 1.20 bits per heavy atom. The van der Waals surface area contributed by atoms with Crippen LogP contribution in [0.4, 0.5) is 0 Å². The first-order chi connectivity index (χ1) is 9.52. The molecule has 20 heavy (non-hydrogen) atoms. The Labute approximate surface area is 117 Å². The van der Waals surface area contributed by atoms with Crippen molar-refractivity contribution < 1.29 is 29.0 Å². The molecule has 0 unspecified atom stereocenters. The highest BCUT2D eigenvalue weighted by Crippen LogP contribution is 2.10. The molecule has 1 aliphatic rings. The molecule has 2 amide bonds. The van der Waals surface area contributed by atoms with E-state index >= 15 is 0 Å². The predicted molar refractivity (Wildman–Crippen MR) is 68.1 cm³/mol. The van der Waals surface area contributed by atoms with Gasteiger partial charge in [0.15, 0.2) is 0 Å². The van der Waals surface area contributed by atoms with Gasteiger partial charge in [0.25, 0.3) is 0 Å². The van der Waals surface area contributed by atoms with Crippen molar-refractivity contribution in [1.82, 2.24) is 10.2 Å². The molecule has 2 N–H and O–H groups in total. The first kappa shape index (κ1) is 16.4. The fourth-order valence-corrected chi connectivity index (χ4v) is 1.99. The standard InChI is InChI=1S/C12H20N2O6/c1-19-7-11(16)14-4-2-9(3-5-14)13-10(15)6-20-8-12(17)18/h9H,2-8H2,1H3,(H,13,15)(H,17,18). The maximum atomic E-state index is 11.6. The lowest BCUT2D eigenvalue weighted by atomic mass is 10.1. The van der Waals surface area contributed by atoms with Crippen LogP contribution in [-0.4, -0.2) is 73.9 Å². The van der Waals surface area contributed by atoms with Crippen molar-refractivity contribution in [3.8, 4) is 0 Å². The zero-order valence-corrected chi connectivity index (χ0v) is 11.5. The van der Waals surface area contributed by atoms with Crippen LogP contribution in [0.15, 0.2) is 0 Å². The summed E-state index contributed by atoms with van der Waals surface area (Å²) >= 11 is 0. The summed E-state index contributed by atoms with van der Waals surface area (Å²) in [5.41, 5.74) is 0. The molecule has 1 fully saturated rings. The fourth-order valence-electron chi connectivity index (χ4n) is 1.99. The first-order valence-electron chi connectivity index (χ1n) is 6.38. The lowest BCUT2D eigenvalue weighted by molar-refractivity contribution is -0.143. The summed E-state index contributed by atoms with van der Waals surface area (Å²) in [5, 5.41) is 11.1. The molecule has 0 radical (unpaired) electrons. The van der Waals surface area contributed by atoms with Crippen LogP contribution >= 0.6 is 0 Å². The van der Waals surface area contributed by atoms with Gasteiger partial charge in [-0.25, -0.2) is 4.79 Å². The quantitative estimate of drug-likeness (QED) is 0.612. The number of hydrogen-bond acceptors (Lipinski definition) is 5. The fraction of sp³-hybridized carbons (Fsp3) is 0.750. The van der Waals surface area contributed by atoms with Crippen LogP contribution in [0.25, 0.3) is 0 Å². The van der Waals surface area contributed by atoms with Crippen molar-refractivity contribution in [3.63, 3.8) is 0 Å². The minimum absolute atomic E-state index is 0.0116. The van der Waals surface area contributed by atoms with E-state index in [9.17, 15) is 14.4 Å². The van der Waals surface area contributed by atoms with E-state index < -0.39 is 12.6 Å². The monoisotopic (exact) mass is 288 g/mol. The van der Waals surface area contributed by atoms with Crippen LogP contribution in [0.1, 0.15) is 12.8 Å². The number of ether oxygens (including phenoxy) is 2. The topological polar surface area (TPSA) is 105 Å². The molecule has 114 valence electrons. The third kappa shape index (κ3) is 5.98. The average molecular weight is 288 g/mol. The van der Waals surface area contributed by atoms with E-state index in [4.69, 9.17) is 14.6 Å². The van der Waals surface area contributed by atoms with Gasteiger partial charge in [0, 0.05) is 26.2 Å². The number of carbonyl (C=O) groups excluding carboxylic acids is 2. The number of methoxy groups -OCH3 is 1. The Morgan fingerprint density at radius 2 is 1.85 bits per heavy atom. The van der Waals surface area contributed by atoms with Crippen molar-refractivity contribution >= 4 is 17.8 Å². The van der Waals surface area contributed by atoms with E-state index in [1.54, 1.807) is 4.90 Å². The summed E-state index contributed by atoms with van der Waals surface area (Å²) < 4.78 is 9.48. The number of nitrogens with one attached hydrogen (secondary N) is 1. The largest absolute Gasteiger partial charge is 0.480 e. The molecule has 0 bridgehead atoms. The highest BCUT2D eigenvalue weighted by Gasteiger charge is 2.23. The van der Waals surface area contributed by atoms with Crippen molar-refractivity contribution in [2.45, 2.75) is 18.9 Å². The molecule has 8 heteroatoms. The number of amides is 2. The Kier molecular flexibility index (Phi) is 6.96. The molecule has 0 aromatic rings. The van der Waals surface area contributed by atoms with Crippen LogP contribution in [0, 0.1) is 0 Å². The predicted octanol–water partition coefficient (Wildman–Crippen LogP) is -1.16. The molecule has 1 aliphatic heterocycles. The van der Waals surface area contributed by atoms with E-state index in [-0.39, 0.29) is 31.1 Å². The number of rotatable bonds is 7. The average Bonchev–Trinajstić information content (AvgIpc) is 2.39. The van der Waals surface area contributed by atoms with E-state index in [1.807, 2.05) is 0 Å². The van der Waals surface area contributed by atoms with Gasteiger partial charge in [-0.3, -0.25) is 9.59 Å². The Morgan fingerprint density at radius 3 is 2.40 bits per heavy atom. The van der Waals surface area contributed by atoms with E-state index in [0.717, 1.165) is 0 Å². The van der Waals surface area contributed by atoms with Gasteiger partial charge in [-0.2, -0.15) is 0 Å². The van der Waals surface area contributed by atoms with Gasteiger partial charge in [0.1, 0.15) is 19.8 Å². The number of nitrogens with zero attached hydrogens (tertiary/aromatic N) is 1. The van der Waals surface area contributed by atoms with Gasteiger partial charge in [-0.15, -0.1) is 0 Å². The van der Waals surface area contributed by atoms with Crippen molar-refractivity contribution in [3.05, 3.63) is 0 Å². The summed E-state index contributed by atoms with van der Waals surface area (Å²) in [6, 6.07) is -0.0116. The summed E-state index contributed by atoms with van der Waals surface area (Å²) in [6.07, 6.45) is 1.33. The molecule has 1 heterocycles. The van der Waals surface area contributed by atoms with Gasteiger partial charge >= 0.3 is 5.97 Å². The molecule has 0 aromatic heterocycles. The molecular weight excluding hydrogens is 268 g/mol. The summed E-state index contributed by atoms with van der Waals surface area (Å²) in [4.78, 5) is 35.0. The van der Waals surface area contributed by atoms with E-state index in [0.29, 0.717) is 25.9 Å². The molecule has 0 saturated carbocycles. The van der Waals surface area contributed by atoms with E-state index in [2.05, 4.69) is 5.32 Å². The molecule has 0 aromatic carbocycles. The van der Waals surface area contributed by atoms with Crippen molar-refractivity contribution in [2.24, 2.45) is 0 Å². The third-order valence-electron chi connectivity index (χ3n) is 2.94. The highest BCUT2D eigenvalue weighted by molar-refractivity contribution is 5.78. The number of carbonyl (C=O) groups is 3. The molecule has 1 rings (SSSR count). The Bertz CT molecular complexity index is 352. The minimum Gasteiger partial charge on any atom is -0.480 e. The number of aliphatic carboxylic acids is 1. The maximum absolute atomic E-state index is 11.6. The Balaban J connectivity index is 2.20. The second kappa shape index (κ2) is 8.49. The van der Waals surface area contributed by atoms with Crippen LogP contribution in [-0.2, 0) is 23.9 Å². The van der Waals surface area contributed by atoms with Gasteiger partial charge < -0.3 is 24.8 Å². The molecule has 1 saturated heterocycles. The van der Waals surface area contributed by atoms with Crippen molar-refractivity contribution in [1.29, 1.82) is 0 Å². The number of piperidine rings is 1. The smallest absolute Gasteiger partial charge is 0.329 e. The molecule has 0 spiro atoms. The normalized spacial score (nSPS) is 15.9. The van der Waals surface area contributed by atoms with Gasteiger partial charge in [0.05, 0.1) is 0 Å². The zero-order chi connectivity index (χ0) is 15.0. The third-order valence-corrected chi connectivity index (χ3v) is 2.94. The van der Waals surface area contributed by atoms with Gasteiger partial charge in [-0.1, -0.05) is 0 Å². The second-order valence-electron chi connectivity index (χ2n) is 4.54. The van der Waals surface area contributed by atoms with Crippen LogP contribution in [0.2, 0.25) is 0 Å². The lowest BCUT2D eigenvalue weighted by Gasteiger charge is -2.32. The SMILES string of the molecule is COCC(=O)N1CCC(NC(=O)COCC(=O)O)CC1. The molecule has 8 nitrogen and oxygen atoms in total. The number of hydrogen-bond donors (Lipinski definition) is 2. The summed E-state index contributed by atoms with van der Waals surface area (Å²) in [5.74, 6) is -1.50. The van der Waals surface area contributed by atoms with Gasteiger partial charge in [0.2, 0.25) is 11.8 Å². The first-order valence-corrected chi connectivity index (χ1v) is 6.38. The molecule has 0 atom stereocenters. The zero-order valence-electron chi connectivity index (χ0n) is 11.5. The second-order valence-corrected chi connectivity index (χ2v) is 4.54. The maximum Gasteiger partial charge on any atom is 0.329 e. The number of carboxylic acids is 1. The van der Waals surface area contributed by atoms with Crippen molar-refractivity contribution in [2.75, 3.05) is 40.0 Å². The molecule has 0 aliphatic carbocycles. The van der Waals surface area contributed by atoms with Crippen LogP contribution in [0.5, 0.6) is 0 Å². The summed E-state index contributed by atoms with van der Waals surface area (Å²) in [7, 11) is 1.47. The van der Waals surface area contributed by atoms with E-state index in [1.165, 1.54) is 7.11 Å². The minimum atomic E-state index is -1.11. The highest BCUT2D eigenvalue weighted by atomic mass is 16.5. The number of carboxylic acid groups (broad SMARTS) is 1. The summed E-state index contributed by atoms with van der Waals surface area (Å²) in [6.45, 7) is 0.457. The van der Waals surface area contributed by atoms with Gasteiger partial charge in [-0.05, 0) is 12.8 Å². The number of likely N-dealkylation sites (tertiary alicyclic amines) is 1. The Hall–Kier alpha value is -1.67. The van der Waals surface area contributed by atoms with Crippen LogP contribution < -0.4 is 5.32 Å². The molecular formula is C12H20N2O6.